The van der Waals surface area contributed by atoms with Crippen LogP contribution in [0.3, 0.4) is 0 Å². The Hall–Kier alpha value is -2.98. The summed E-state index contributed by atoms with van der Waals surface area (Å²) < 4.78 is 11.4. The number of carbonyl (C=O) groups excluding carboxylic acids is 4. The summed E-state index contributed by atoms with van der Waals surface area (Å²) in [6.45, 7) is 15.2. The molecule has 0 saturated carbocycles. The van der Waals surface area contributed by atoms with Gasteiger partial charge in [-0.1, -0.05) is 63.4 Å². The first kappa shape index (κ1) is 27.6. The molecular formula is C26H30N2O6S2. The Bertz CT molecular complexity index is 1090. The number of rotatable bonds is 10. The summed E-state index contributed by atoms with van der Waals surface area (Å²) in [5, 5.41) is 3.05. The Kier molecular flexibility index (Phi) is 9.08. The largest absolute Gasteiger partial charge is 0.422 e. The lowest BCUT2D eigenvalue weighted by Gasteiger charge is -2.27. The number of esters is 2. The molecule has 1 aromatic carbocycles. The van der Waals surface area contributed by atoms with Crippen LogP contribution >= 0.6 is 23.5 Å². The van der Waals surface area contributed by atoms with Crippen molar-refractivity contribution in [2.24, 2.45) is 0 Å². The van der Waals surface area contributed by atoms with Crippen LogP contribution in [0.2, 0.25) is 0 Å². The van der Waals surface area contributed by atoms with Crippen LogP contribution < -0.4 is 9.47 Å². The highest BCUT2D eigenvalue weighted by Crippen LogP contribution is 2.59. The van der Waals surface area contributed by atoms with E-state index in [1.54, 1.807) is 0 Å². The van der Waals surface area contributed by atoms with Crippen LogP contribution in [-0.2, 0) is 19.2 Å². The summed E-state index contributed by atoms with van der Waals surface area (Å²) in [6.07, 6.45) is 3.31. The number of benzene rings is 1. The summed E-state index contributed by atoms with van der Waals surface area (Å²) in [5.74, 6) is -1.48. The third-order valence-electron chi connectivity index (χ3n) is 5.37. The molecule has 0 radical (unpaired) electrons. The first-order valence-electron chi connectivity index (χ1n) is 11.8. The number of carbonyl (C=O) groups is 4. The van der Waals surface area contributed by atoms with Gasteiger partial charge in [-0.05, 0) is 38.8 Å². The third-order valence-corrected chi connectivity index (χ3v) is 8.00. The Morgan fingerprint density at radius 1 is 0.806 bits per heavy atom. The van der Waals surface area contributed by atoms with Crippen molar-refractivity contribution >= 4 is 47.3 Å². The predicted octanol–water partition coefficient (Wildman–Crippen LogP) is 5.25. The highest BCUT2D eigenvalue weighted by Gasteiger charge is 2.44. The zero-order valence-corrected chi connectivity index (χ0v) is 22.6. The lowest BCUT2D eigenvalue weighted by atomic mass is 10.3. The molecule has 0 unspecified atom stereocenters. The quantitative estimate of drug-likeness (QED) is 0.175. The number of hydrogen-bond donors (Lipinski definition) is 0. The molecule has 8 nitrogen and oxygen atoms in total. The fourth-order valence-electron chi connectivity index (χ4n) is 3.37. The zero-order valence-electron chi connectivity index (χ0n) is 21.0. The number of hydrogen-bond acceptors (Lipinski definition) is 8. The van der Waals surface area contributed by atoms with Gasteiger partial charge in [0.15, 0.2) is 0 Å². The van der Waals surface area contributed by atoms with Crippen molar-refractivity contribution in [2.75, 3.05) is 13.1 Å². The summed E-state index contributed by atoms with van der Waals surface area (Å²) >= 11 is 2.30. The van der Waals surface area contributed by atoms with Gasteiger partial charge in [0.05, 0.1) is 14.0 Å². The van der Waals surface area contributed by atoms with Gasteiger partial charge >= 0.3 is 11.9 Å². The van der Waals surface area contributed by atoms with Crippen molar-refractivity contribution in [3.8, 4) is 11.5 Å². The van der Waals surface area contributed by atoms with Gasteiger partial charge in [-0.25, -0.2) is 19.6 Å². The second-order valence-corrected chi connectivity index (χ2v) is 10.8. The minimum atomic E-state index is -0.611. The van der Waals surface area contributed by atoms with Crippen molar-refractivity contribution in [1.29, 1.82) is 0 Å². The van der Waals surface area contributed by atoms with E-state index in [2.05, 4.69) is 13.2 Å². The smallest absolute Gasteiger partial charge is 0.338 e. The molecule has 0 aromatic heterocycles. The Morgan fingerprint density at radius 3 is 1.53 bits per heavy atom. The predicted molar refractivity (Wildman–Crippen MR) is 139 cm³/mol. The summed E-state index contributed by atoms with van der Waals surface area (Å²) in [6, 6.07) is 3.03. The van der Waals surface area contributed by atoms with Gasteiger partial charge < -0.3 is 9.47 Å². The van der Waals surface area contributed by atoms with Crippen molar-refractivity contribution < 1.29 is 28.7 Å². The number of fused-ring (bicyclic) bond motifs is 1. The summed E-state index contributed by atoms with van der Waals surface area (Å²) in [4.78, 5) is 52.3. The molecule has 2 amide bonds. The normalized spacial score (nSPS) is 14.9. The molecule has 36 heavy (non-hydrogen) atoms. The molecule has 192 valence electrons. The average molecular weight is 531 g/mol. The van der Waals surface area contributed by atoms with Gasteiger partial charge in [-0.2, -0.15) is 0 Å². The molecule has 0 spiro atoms. The fraction of sp³-hybridized carbons (Fsp3) is 0.385. The molecule has 10 heteroatoms. The molecule has 1 saturated heterocycles. The molecule has 0 bridgehead atoms. The molecule has 2 heterocycles. The number of nitrogens with zero attached hydrogens (tertiary/aromatic N) is 2. The van der Waals surface area contributed by atoms with E-state index < -0.39 is 11.9 Å². The highest BCUT2D eigenvalue weighted by atomic mass is 32.2. The maximum Gasteiger partial charge on any atom is 0.338 e. The lowest BCUT2D eigenvalue weighted by Crippen LogP contribution is -2.42. The van der Waals surface area contributed by atoms with E-state index in [1.807, 2.05) is 13.8 Å². The first-order chi connectivity index (χ1) is 17.1. The molecule has 2 aliphatic rings. The van der Waals surface area contributed by atoms with Gasteiger partial charge in [-0.3, -0.25) is 9.59 Å². The highest BCUT2D eigenvalue weighted by molar-refractivity contribution is 8.25. The average Bonchev–Trinajstić information content (AvgIpc) is 3.36. The van der Waals surface area contributed by atoms with E-state index in [-0.39, 0.29) is 40.0 Å². The van der Waals surface area contributed by atoms with E-state index in [9.17, 15) is 19.2 Å². The van der Waals surface area contributed by atoms with Gasteiger partial charge in [0, 0.05) is 24.2 Å². The van der Waals surface area contributed by atoms with E-state index in [0.29, 0.717) is 27.1 Å². The number of thioether (sulfide) groups is 2. The van der Waals surface area contributed by atoms with Crippen molar-refractivity contribution in [1.82, 2.24) is 10.0 Å². The van der Waals surface area contributed by atoms with Crippen LogP contribution in [0, 0.1) is 0 Å². The van der Waals surface area contributed by atoms with Crippen LogP contribution in [0.5, 0.6) is 11.5 Å². The van der Waals surface area contributed by atoms with E-state index in [0.717, 1.165) is 49.2 Å². The zero-order chi connectivity index (χ0) is 26.6. The number of ether oxygens (including phenoxy) is 2. The van der Waals surface area contributed by atoms with Crippen LogP contribution in [0.4, 0.5) is 0 Å². The van der Waals surface area contributed by atoms with Crippen molar-refractivity contribution in [3.05, 3.63) is 46.2 Å². The maximum atomic E-state index is 13.4. The SMILES string of the molecule is C=C(C)C(=O)Oc1ccc(OC(=O)C(=C)C)c2c1SC(=C1C(=O)N(CCCC)N(CCCC)C1=O)S2. The molecule has 2 aliphatic heterocycles. The van der Waals surface area contributed by atoms with Crippen molar-refractivity contribution in [2.45, 2.75) is 63.2 Å². The van der Waals surface area contributed by atoms with Crippen LogP contribution in [0.25, 0.3) is 0 Å². The molecule has 0 aliphatic carbocycles. The number of unbranched alkanes of at least 4 members (excludes halogenated alkanes) is 2. The lowest BCUT2D eigenvalue weighted by molar-refractivity contribution is -0.147. The standard InChI is InChI=1S/C26H30N2O6S2/c1-7-9-13-27-22(29)19(23(30)28(27)14-10-8-2)26-35-20-17(33-24(31)15(3)4)11-12-18(21(20)36-26)34-25(32)16(5)6/h11-12H,3,5,7-10,13-14H2,1-2,4,6H3. The third kappa shape index (κ3) is 5.70. The Labute approximate surface area is 219 Å². The topological polar surface area (TPSA) is 93.2 Å². The monoisotopic (exact) mass is 530 g/mol. The van der Waals surface area contributed by atoms with Crippen LogP contribution in [0.15, 0.2) is 56.0 Å². The fourth-order valence-corrected chi connectivity index (χ4v) is 6.01. The Balaban J connectivity index is 2.05. The van der Waals surface area contributed by atoms with E-state index in [1.165, 1.54) is 36.0 Å². The molecule has 1 fully saturated rings. The second-order valence-electron chi connectivity index (χ2n) is 8.49. The molecule has 0 atom stereocenters. The van der Waals surface area contributed by atoms with E-state index in [4.69, 9.17) is 9.47 Å². The van der Waals surface area contributed by atoms with Crippen LogP contribution in [-0.4, -0.2) is 46.9 Å². The van der Waals surface area contributed by atoms with E-state index >= 15 is 0 Å². The summed E-state index contributed by atoms with van der Waals surface area (Å²) in [5.41, 5.74) is 0.507. The number of amides is 2. The minimum absolute atomic E-state index is 0.0720. The van der Waals surface area contributed by atoms with Gasteiger partial charge in [0.1, 0.15) is 17.1 Å². The van der Waals surface area contributed by atoms with Crippen molar-refractivity contribution in [3.63, 3.8) is 0 Å². The van der Waals surface area contributed by atoms with Crippen LogP contribution in [0.1, 0.15) is 53.4 Å². The maximum absolute atomic E-state index is 13.4. The minimum Gasteiger partial charge on any atom is -0.422 e. The molecule has 0 N–H and O–H groups in total. The van der Waals surface area contributed by atoms with Gasteiger partial charge in [0.2, 0.25) is 0 Å². The molecule has 1 aromatic rings. The summed E-state index contributed by atoms with van der Waals surface area (Å²) in [7, 11) is 0. The Morgan fingerprint density at radius 2 is 1.19 bits per heavy atom. The molecule has 3 rings (SSSR count). The first-order valence-corrected chi connectivity index (χ1v) is 13.4. The molecular weight excluding hydrogens is 500 g/mol. The van der Waals surface area contributed by atoms with Gasteiger partial charge in [0.25, 0.3) is 11.8 Å². The second kappa shape index (κ2) is 11.8. The number of hydrazine groups is 1. The van der Waals surface area contributed by atoms with Gasteiger partial charge in [-0.15, -0.1) is 0 Å².